The highest BCUT2D eigenvalue weighted by Crippen LogP contribution is 2.22. The zero-order chi connectivity index (χ0) is 13.3. The van der Waals surface area contributed by atoms with E-state index >= 15 is 0 Å². The number of pyridine rings is 1. The number of nitrogen functional groups attached to an aromatic ring is 1. The van der Waals surface area contributed by atoms with E-state index in [0.717, 1.165) is 5.69 Å². The smallest absolute Gasteiger partial charge is 0.136 e. The molecule has 0 atom stereocenters. The summed E-state index contributed by atoms with van der Waals surface area (Å²) in [6.45, 7) is 12.6. The summed E-state index contributed by atoms with van der Waals surface area (Å²) in [7, 11) is 0. The van der Waals surface area contributed by atoms with Crippen LogP contribution in [0.4, 0.5) is 5.69 Å². The highest BCUT2D eigenvalue weighted by molar-refractivity contribution is 5.52. The fourth-order valence-corrected chi connectivity index (χ4v) is 1.23. The molecule has 1 aromatic rings. The van der Waals surface area contributed by atoms with E-state index in [0.29, 0.717) is 11.4 Å². The molecule has 0 amide bonds. The normalized spacial score (nSPS) is 11.9. The van der Waals surface area contributed by atoms with Gasteiger partial charge in [0, 0.05) is 16.5 Å². The van der Waals surface area contributed by atoms with E-state index in [1.807, 2.05) is 12.1 Å². The second-order valence-electron chi connectivity index (χ2n) is 6.38. The molecule has 0 aliphatic rings. The molecule has 2 N–H and O–H groups in total. The lowest BCUT2D eigenvalue weighted by molar-refractivity contribution is 0.567. The van der Waals surface area contributed by atoms with Crippen LogP contribution in [-0.2, 0) is 5.41 Å². The maximum absolute atomic E-state index is 5.90. The maximum atomic E-state index is 5.90. The molecule has 2 nitrogen and oxygen atoms in total. The Morgan fingerprint density at radius 2 is 1.65 bits per heavy atom. The molecule has 0 fully saturated rings. The molecule has 0 aliphatic heterocycles. The number of aromatic nitrogens is 1. The Hall–Kier alpha value is -1.49. The molecule has 1 rings (SSSR count). The lowest BCUT2D eigenvalue weighted by Gasteiger charge is -2.18. The standard InChI is InChI=1S/C15H22N2/c1-14(2,3)10-9-12-11(16)7-8-13(17-12)15(4,5)6/h7-8H,16H2,1-6H3. The molecule has 1 aromatic heterocycles. The number of nitrogens with two attached hydrogens (primary N) is 1. The van der Waals surface area contributed by atoms with E-state index in [-0.39, 0.29) is 10.8 Å². The summed E-state index contributed by atoms with van der Waals surface area (Å²) >= 11 is 0. The van der Waals surface area contributed by atoms with E-state index < -0.39 is 0 Å². The van der Waals surface area contributed by atoms with Gasteiger partial charge in [0.2, 0.25) is 0 Å². The van der Waals surface area contributed by atoms with Gasteiger partial charge in [-0.1, -0.05) is 26.7 Å². The van der Waals surface area contributed by atoms with E-state index in [4.69, 9.17) is 5.73 Å². The van der Waals surface area contributed by atoms with Crippen LogP contribution in [0, 0.1) is 17.3 Å². The van der Waals surface area contributed by atoms with Gasteiger partial charge in [0.15, 0.2) is 0 Å². The average molecular weight is 230 g/mol. The summed E-state index contributed by atoms with van der Waals surface area (Å²) in [5, 5.41) is 0. The SMILES string of the molecule is CC(C)(C)C#Cc1nc(C(C)(C)C)ccc1N. The van der Waals surface area contributed by atoms with Crippen molar-refractivity contribution in [3.05, 3.63) is 23.5 Å². The van der Waals surface area contributed by atoms with Crippen molar-refractivity contribution in [2.24, 2.45) is 5.41 Å². The van der Waals surface area contributed by atoms with Crippen molar-refractivity contribution in [1.29, 1.82) is 0 Å². The minimum absolute atomic E-state index is 0.0197. The molecule has 17 heavy (non-hydrogen) atoms. The molecule has 0 aromatic carbocycles. The molecule has 0 saturated carbocycles. The summed E-state index contributed by atoms with van der Waals surface area (Å²) in [6.07, 6.45) is 0. The summed E-state index contributed by atoms with van der Waals surface area (Å²) in [5.74, 6) is 6.24. The van der Waals surface area contributed by atoms with Crippen LogP contribution in [0.3, 0.4) is 0 Å². The second-order valence-corrected chi connectivity index (χ2v) is 6.38. The molecule has 0 unspecified atom stereocenters. The van der Waals surface area contributed by atoms with Crippen molar-refractivity contribution >= 4 is 5.69 Å². The Labute approximate surface area is 105 Å². The first-order valence-electron chi connectivity index (χ1n) is 5.90. The quantitative estimate of drug-likeness (QED) is 0.694. The van der Waals surface area contributed by atoms with Gasteiger partial charge in [-0.05, 0) is 38.8 Å². The van der Waals surface area contributed by atoms with Gasteiger partial charge in [-0.2, -0.15) is 0 Å². The molecule has 2 heteroatoms. The van der Waals surface area contributed by atoms with Crippen molar-refractivity contribution in [3.8, 4) is 11.8 Å². The Morgan fingerprint density at radius 3 is 2.12 bits per heavy atom. The van der Waals surface area contributed by atoms with Gasteiger partial charge in [-0.15, -0.1) is 0 Å². The fourth-order valence-electron chi connectivity index (χ4n) is 1.23. The Kier molecular flexibility index (Phi) is 3.52. The third kappa shape index (κ3) is 4.11. The first kappa shape index (κ1) is 13.6. The highest BCUT2D eigenvalue weighted by atomic mass is 14.8. The summed E-state index contributed by atoms with van der Waals surface area (Å²) < 4.78 is 0. The van der Waals surface area contributed by atoms with Crippen molar-refractivity contribution in [2.45, 2.75) is 47.0 Å². The third-order valence-electron chi connectivity index (χ3n) is 2.25. The van der Waals surface area contributed by atoms with Crippen molar-refractivity contribution < 1.29 is 0 Å². The van der Waals surface area contributed by atoms with Crippen LogP contribution in [0.5, 0.6) is 0 Å². The number of hydrogen-bond acceptors (Lipinski definition) is 2. The molecular formula is C15H22N2. The van der Waals surface area contributed by atoms with E-state index in [1.165, 1.54) is 0 Å². The molecule has 0 aliphatic carbocycles. The molecule has 1 heterocycles. The fraction of sp³-hybridized carbons (Fsp3) is 0.533. The van der Waals surface area contributed by atoms with E-state index in [9.17, 15) is 0 Å². The van der Waals surface area contributed by atoms with Crippen LogP contribution >= 0.6 is 0 Å². The maximum Gasteiger partial charge on any atom is 0.136 e. The molecular weight excluding hydrogens is 208 g/mol. The monoisotopic (exact) mass is 230 g/mol. The summed E-state index contributed by atoms with van der Waals surface area (Å²) in [5.41, 5.74) is 8.23. The minimum atomic E-state index is -0.0359. The first-order valence-corrected chi connectivity index (χ1v) is 5.90. The van der Waals surface area contributed by atoms with Gasteiger partial charge >= 0.3 is 0 Å². The predicted molar refractivity (Wildman–Crippen MR) is 73.7 cm³/mol. The van der Waals surface area contributed by atoms with Crippen molar-refractivity contribution in [2.75, 3.05) is 5.73 Å². The lowest BCUT2D eigenvalue weighted by Crippen LogP contribution is -2.14. The molecule has 92 valence electrons. The number of nitrogens with zero attached hydrogens (tertiary/aromatic N) is 1. The zero-order valence-electron chi connectivity index (χ0n) is 11.7. The van der Waals surface area contributed by atoms with Crippen LogP contribution in [-0.4, -0.2) is 4.98 Å². The van der Waals surface area contributed by atoms with Crippen LogP contribution in [0.25, 0.3) is 0 Å². The van der Waals surface area contributed by atoms with Crippen LogP contribution in [0.15, 0.2) is 12.1 Å². The predicted octanol–water partition coefficient (Wildman–Crippen LogP) is 3.36. The Bertz CT molecular complexity index is 462. The molecule has 0 spiro atoms. The van der Waals surface area contributed by atoms with Crippen LogP contribution < -0.4 is 5.73 Å². The van der Waals surface area contributed by atoms with Crippen LogP contribution in [0.2, 0.25) is 0 Å². The Morgan fingerprint density at radius 1 is 1.06 bits per heavy atom. The third-order valence-corrected chi connectivity index (χ3v) is 2.25. The summed E-state index contributed by atoms with van der Waals surface area (Å²) in [6, 6.07) is 3.86. The lowest BCUT2D eigenvalue weighted by atomic mass is 9.91. The van der Waals surface area contributed by atoms with Gasteiger partial charge in [0.1, 0.15) is 5.69 Å². The zero-order valence-corrected chi connectivity index (χ0v) is 11.7. The first-order chi connectivity index (χ1) is 7.59. The summed E-state index contributed by atoms with van der Waals surface area (Å²) in [4.78, 5) is 4.55. The van der Waals surface area contributed by atoms with Gasteiger partial charge < -0.3 is 5.73 Å². The highest BCUT2D eigenvalue weighted by Gasteiger charge is 2.16. The van der Waals surface area contributed by atoms with Crippen molar-refractivity contribution in [3.63, 3.8) is 0 Å². The number of anilines is 1. The van der Waals surface area contributed by atoms with Crippen molar-refractivity contribution in [1.82, 2.24) is 4.98 Å². The van der Waals surface area contributed by atoms with Gasteiger partial charge in [0.05, 0.1) is 5.69 Å². The Balaban J connectivity index is 3.20. The largest absolute Gasteiger partial charge is 0.396 e. The minimum Gasteiger partial charge on any atom is -0.396 e. The molecule has 0 saturated heterocycles. The van der Waals surface area contributed by atoms with Crippen LogP contribution in [0.1, 0.15) is 52.9 Å². The molecule has 0 radical (unpaired) electrons. The number of hydrogen-bond donors (Lipinski definition) is 1. The van der Waals surface area contributed by atoms with Gasteiger partial charge in [-0.3, -0.25) is 0 Å². The molecule has 0 bridgehead atoms. The topological polar surface area (TPSA) is 38.9 Å². The van der Waals surface area contributed by atoms with E-state index in [2.05, 4.69) is 58.4 Å². The van der Waals surface area contributed by atoms with E-state index in [1.54, 1.807) is 0 Å². The van der Waals surface area contributed by atoms with Gasteiger partial charge in [0.25, 0.3) is 0 Å². The second kappa shape index (κ2) is 4.41. The average Bonchev–Trinajstić information content (AvgIpc) is 2.13. The van der Waals surface area contributed by atoms with Gasteiger partial charge in [-0.25, -0.2) is 4.98 Å². The number of rotatable bonds is 0.